The lowest BCUT2D eigenvalue weighted by molar-refractivity contribution is -0.136. The second-order valence-electron chi connectivity index (χ2n) is 3.78. The highest BCUT2D eigenvalue weighted by molar-refractivity contribution is 5.79. The predicted octanol–water partition coefficient (Wildman–Crippen LogP) is 1.73. The average Bonchev–Trinajstić information content (AvgIpc) is 2.14. The molecule has 0 bridgehead atoms. The van der Waals surface area contributed by atoms with Crippen LogP contribution in [0.15, 0.2) is 24.0 Å². The summed E-state index contributed by atoms with van der Waals surface area (Å²) in [6.45, 7) is 4.84. The summed E-state index contributed by atoms with van der Waals surface area (Å²) in [6, 6.07) is 0. The van der Waals surface area contributed by atoms with Crippen molar-refractivity contribution in [1.82, 2.24) is 4.90 Å². The zero-order valence-electron chi connectivity index (χ0n) is 10.5. The summed E-state index contributed by atoms with van der Waals surface area (Å²) < 4.78 is 4.82. The van der Waals surface area contributed by atoms with Gasteiger partial charge in [0.05, 0.1) is 5.92 Å². The highest BCUT2D eigenvalue weighted by Crippen LogP contribution is 2.03. The maximum atomic E-state index is 11.5. The molecule has 0 radical (unpaired) electrons. The Morgan fingerprint density at radius 2 is 1.81 bits per heavy atom. The normalized spacial score (nSPS) is 13.7. The zero-order valence-corrected chi connectivity index (χ0v) is 10.5. The molecule has 90 valence electrons. The van der Waals surface area contributed by atoms with Crippen LogP contribution in [-0.4, -0.2) is 30.9 Å². The second kappa shape index (κ2) is 6.82. The molecule has 0 saturated heterocycles. The maximum Gasteiger partial charge on any atom is 0.307 e. The van der Waals surface area contributed by atoms with Gasteiger partial charge in [-0.3, -0.25) is 9.59 Å². The minimum Gasteiger partial charge on any atom is -0.432 e. The van der Waals surface area contributed by atoms with Crippen molar-refractivity contribution >= 4 is 11.9 Å². The van der Waals surface area contributed by atoms with Gasteiger partial charge in [-0.2, -0.15) is 0 Å². The van der Waals surface area contributed by atoms with Gasteiger partial charge in [-0.25, -0.2) is 0 Å². The number of carbonyl (C=O) groups excluding carboxylic acids is 2. The highest BCUT2D eigenvalue weighted by atomic mass is 16.5. The Kier molecular flexibility index (Phi) is 6.15. The Labute approximate surface area is 96.6 Å². The van der Waals surface area contributed by atoms with Gasteiger partial charge in [0.2, 0.25) is 5.91 Å². The molecule has 0 aliphatic heterocycles. The van der Waals surface area contributed by atoms with Gasteiger partial charge in [0.25, 0.3) is 0 Å². The standard InChI is InChI=1S/C12H19NO3/c1-9(12(15)13(4)5)7-6-8-10(2)16-11(3)14/h6-9H,1-5H3. The molecule has 0 aromatic carbocycles. The first-order valence-electron chi connectivity index (χ1n) is 5.09. The Hall–Kier alpha value is -1.58. The molecule has 0 aromatic heterocycles. The lowest BCUT2D eigenvalue weighted by Gasteiger charge is -2.13. The van der Waals surface area contributed by atoms with E-state index in [1.165, 1.54) is 11.8 Å². The van der Waals surface area contributed by atoms with Gasteiger partial charge in [-0.15, -0.1) is 0 Å². The van der Waals surface area contributed by atoms with Crippen molar-refractivity contribution in [3.8, 4) is 0 Å². The van der Waals surface area contributed by atoms with E-state index in [9.17, 15) is 9.59 Å². The topological polar surface area (TPSA) is 46.6 Å². The number of carbonyl (C=O) groups is 2. The molecule has 16 heavy (non-hydrogen) atoms. The maximum absolute atomic E-state index is 11.5. The van der Waals surface area contributed by atoms with Crippen LogP contribution in [0.5, 0.6) is 0 Å². The van der Waals surface area contributed by atoms with Crippen LogP contribution in [0.1, 0.15) is 20.8 Å². The van der Waals surface area contributed by atoms with Crippen LogP contribution >= 0.6 is 0 Å². The third kappa shape index (κ3) is 6.01. The molecule has 0 heterocycles. The zero-order chi connectivity index (χ0) is 12.7. The molecular formula is C12H19NO3. The lowest BCUT2D eigenvalue weighted by Crippen LogP contribution is -2.26. The number of esters is 1. The van der Waals surface area contributed by atoms with Crippen molar-refractivity contribution in [2.24, 2.45) is 5.92 Å². The molecule has 4 nitrogen and oxygen atoms in total. The lowest BCUT2D eigenvalue weighted by atomic mass is 10.1. The third-order valence-electron chi connectivity index (χ3n) is 1.87. The molecule has 1 atom stereocenters. The van der Waals surface area contributed by atoms with Gasteiger partial charge in [-0.1, -0.05) is 19.1 Å². The van der Waals surface area contributed by atoms with Gasteiger partial charge in [0.15, 0.2) is 0 Å². The average molecular weight is 225 g/mol. The highest BCUT2D eigenvalue weighted by Gasteiger charge is 2.10. The summed E-state index contributed by atoms with van der Waals surface area (Å²) in [5, 5.41) is 0. The molecular weight excluding hydrogens is 206 g/mol. The van der Waals surface area contributed by atoms with E-state index < -0.39 is 0 Å². The van der Waals surface area contributed by atoms with Gasteiger partial charge < -0.3 is 9.64 Å². The number of ether oxygens (including phenoxy) is 1. The molecule has 0 aliphatic rings. The number of hydrogen-bond acceptors (Lipinski definition) is 3. The van der Waals surface area contributed by atoms with Crippen molar-refractivity contribution in [3.05, 3.63) is 24.0 Å². The molecule has 0 saturated carbocycles. The molecule has 0 rings (SSSR count). The molecule has 1 unspecified atom stereocenters. The largest absolute Gasteiger partial charge is 0.432 e. The van der Waals surface area contributed by atoms with E-state index >= 15 is 0 Å². The van der Waals surface area contributed by atoms with Crippen LogP contribution in [0.2, 0.25) is 0 Å². The SMILES string of the molecule is CC(=O)OC(C)=CC=CC(C)C(=O)N(C)C. The summed E-state index contributed by atoms with van der Waals surface area (Å²) in [5.74, 6) is 0.0129. The van der Waals surface area contributed by atoms with Gasteiger partial charge in [-0.05, 0) is 13.0 Å². The van der Waals surface area contributed by atoms with E-state index in [-0.39, 0.29) is 17.8 Å². The van der Waals surface area contributed by atoms with E-state index in [0.717, 1.165) is 0 Å². The summed E-state index contributed by atoms with van der Waals surface area (Å²) in [6.07, 6.45) is 5.13. The molecule has 0 fully saturated rings. The molecule has 0 N–H and O–H groups in total. The summed E-state index contributed by atoms with van der Waals surface area (Å²) >= 11 is 0. The van der Waals surface area contributed by atoms with Crippen LogP contribution in [-0.2, 0) is 14.3 Å². The smallest absolute Gasteiger partial charge is 0.307 e. The Bertz CT molecular complexity index is 316. The summed E-state index contributed by atoms with van der Waals surface area (Å²) in [5.41, 5.74) is 0. The van der Waals surface area contributed by atoms with Gasteiger partial charge >= 0.3 is 5.97 Å². The van der Waals surface area contributed by atoms with E-state index in [2.05, 4.69) is 0 Å². The number of allylic oxidation sites excluding steroid dienone is 3. The van der Waals surface area contributed by atoms with Crippen molar-refractivity contribution in [2.75, 3.05) is 14.1 Å². The molecule has 4 heteroatoms. The van der Waals surface area contributed by atoms with Gasteiger partial charge in [0.1, 0.15) is 5.76 Å². The number of amides is 1. The fraction of sp³-hybridized carbons (Fsp3) is 0.500. The number of hydrogen-bond donors (Lipinski definition) is 0. The van der Waals surface area contributed by atoms with Crippen molar-refractivity contribution in [2.45, 2.75) is 20.8 Å². The van der Waals surface area contributed by atoms with Crippen LogP contribution in [0, 0.1) is 5.92 Å². The monoisotopic (exact) mass is 225 g/mol. The predicted molar refractivity (Wildman–Crippen MR) is 62.5 cm³/mol. The first-order chi connectivity index (χ1) is 7.34. The van der Waals surface area contributed by atoms with Crippen molar-refractivity contribution < 1.29 is 14.3 Å². The molecule has 0 aromatic rings. The molecule has 0 spiro atoms. The first kappa shape index (κ1) is 14.4. The van der Waals surface area contributed by atoms with E-state index in [1.807, 2.05) is 6.92 Å². The van der Waals surface area contributed by atoms with Crippen molar-refractivity contribution in [3.63, 3.8) is 0 Å². The Morgan fingerprint density at radius 3 is 2.25 bits per heavy atom. The molecule has 0 aliphatic carbocycles. The van der Waals surface area contributed by atoms with Crippen LogP contribution in [0.25, 0.3) is 0 Å². The van der Waals surface area contributed by atoms with Crippen LogP contribution < -0.4 is 0 Å². The Balaban J connectivity index is 4.29. The minimum atomic E-state index is -0.348. The van der Waals surface area contributed by atoms with E-state index in [4.69, 9.17) is 4.74 Å². The number of rotatable bonds is 4. The number of nitrogens with zero attached hydrogens (tertiary/aromatic N) is 1. The fourth-order valence-electron chi connectivity index (χ4n) is 1.11. The van der Waals surface area contributed by atoms with Crippen molar-refractivity contribution in [1.29, 1.82) is 0 Å². The minimum absolute atomic E-state index is 0.0368. The van der Waals surface area contributed by atoms with Crippen LogP contribution in [0.4, 0.5) is 0 Å². The van der Waals surface area contributed by atoms with E-state index in [0.29, 0.717) is 5.76 Å². The summed E-state index contributed by atoms with van der Waals surface area (Å²) in [7, 11) is 3.43. The first-order valence-corrected chi connectivity index (χ1v) is 5.09. The second-order valence-corrected chi connectivity index (χ2v) is 3.78. The molecule has 1 amide bonds. The van der Waals surface area contributed by atoms with Crippen LogP contribution in [0.3, 0.4) is 0 Å². The fourth-order valence-corrected chi connectivity index (χ4v) is 1.11. The Morgan fingerprint density at radius 1 is 1.25 bits per heavy atom. The van der Waals surface area contributed by atoms with Gasteiger partial charge in [0, 0.05) is 21.0 Å². The summed E-state index contributed by atoms with van der Waals surface area (Å²) in [4.78, 5) is 23.6. The third-order valence-corrected chi connectivity index (χ3v) is 1.87. The quantitative estimate of drug-likeness (QED) is 0.416. The van der Waals surface area contributed by atoms with E-state index in [1.54, 1.807) is 39.2 Å².